The molecule has 2 atom stereocenters. The van der Waals surface area contributed by atoms with Crippen LogP contribution in [0.2, 0.25) is 0 Å². The summed E-state index contributed by atoms with van der Waals surface area (Å²) in [5.74, 6) is -1.19. The van der Waals surface area contributed by atoms with E-state index in [1.54, 1.807) is 0 Å². The number of carboxylic acid groups (broad SMARTS) is 1. The third-order valence-electron chi connectivity index (χ3n) is 2.55. The Balaban J connectivity index is 2.59. The predicted octanol–water partition coefficient (Wildman–Crippen LogP) is -0.568. The third-order valence-corrected chi connectivity index (χ3v) is 2.55. The topological polar surface area (TPSA) is 78.9 Å². The number of rotatable bonds is 4. The highest BCUT2D eigenvalue weighted by Gasteiger charge is 2.37. The van der Waals surface area contributed by atoms with Gasteiger partial charge in [0.15, 0.2) is 0 Å². The molecular weight excluding hydrogens is 240 g/mol. The van der Waals surface area contributed by atoms with Gasteiger partial charge in [-0.3, -0.25) is 0 Å². The second-order valence-electron chi connectivity index (χ2n) is 3.65. The van der Waals surface area contributed by atoms with Crippen LogP contribution in [0.1, 0.15) is 6.42 Å². The summed E-state index contributed by atoms with van der Waals surface area (Å²) in [5, 5.41) is 10.7. The second kappa shape index (κ2) is 5.76. The van der Waals surface area contributed by atoms with E-state index in [9.17, 15) is 23.5 Å². The number of hydrogen-bond acceptors (Lipinski definition) is 5. The van der Waals surface area contributed by atoms with Crippen molar-refractivity contribution < 1.29 is 33.0 Å². The zero-order valence-electron chi connectivity index (χ0n) is 9.10. The molecule has 1 rings (SSSR count). The van der Waals surface area contributed by atoms with E-state index in [0.29, 0.717) is 0 Å². The molecule has 1 saturated heterocycles. The highest BCUT2D eigenvalue weighted by Crippen LogP contribution is 2.24. The van der Waals surface area contributed by atoms with Crippen LogP contribution in [-0.2, 0) is 14.3 Å². The first-order valence-electron chi connectivity index (χ1n) is 4.91. The van der Waals surface area contributed by atoms with Crippen molar-refractivity contribution in [2.24, 2.45) is 5.92 Å². The number of esters is 1. The number of ether oxygens (including phenoxy) is 2. The molecule has 0 aromatic carbocycles. The fraction of sp³-hybridized carbons (Fsp3) is 0.778. The average molecular weight is 252 g/mol. The van der Waals surface area contributed by atoms with Crippen molar-refractivity contribution in [3.8, 4) is 0 Å². The summed E-state index contributed by atoms with van der Waals surface area (Å²) >= 11 is 0. The molecule has 1 amide bonds. The maximum Gasteiger partial charge on any atom is 0.345 e. The molecule has 0 aliphatic carbocycles. The van der Waals surface area contributed by atoms with E-state index in [1.807, 2.05) is 0 Å². The summed E-state index contributed by atoms with van der Waals surface area (Å²) in [6.45, 7) is -3.30. The number of methoxy groups -OCH3 is 1. The van der Waals surface area contributed by atoms with Crippen molar-refractivity contribution in [3.63, 3.8) is 0 Å². The maximum atomic E-state index is 11.8. The van der Waals surface area contributed by atoms with Crippen LogP contribution in [0.4, 0.5) is 13.6 Å². The molecule has 1 heterocycles. The molecule has 98 valence electrons. The summed E-state index contributed by atoms with van der Waals surface area (Å²) in [7, 11) is 1.12. The number of amides is 1. The van der Waals surface area contributed by atoms with Crippen LogP contribution in [0.15, 0.2) is 0 Å². The Kier molecular flexibility index (Phi) is 4.62. The molecule has 2 unspecified atom stereocenters. The van der Waals surface area contributed by atoms with Crippen LogP contribution in [0.5, 0.6) is 0 Å². The zero-order chi connectivity index (χ0) is 13.0. The lowest BCUT2D eigenvalue weighted by molar-refractivity contribution is -0.266. The van der Waals surface area contributed by atoms with E-state index in [4.69, 9.17) is 0 Å². The molecule has 8 heteroatoms. The Morgan fingerprint density at radius 1 is 1.53 bits per heavy atom. The van der Waals surface area contributed by atoms with Crippen LogP contribution < -0.4 is 5.11 Å². The smallest absolute Gasteiger partial charge is 0.345 e. The van der Waals surface area contributed by atoms with Gasteiger partial charge in [-0.25, -0.2) is 4.79 Å². The molecule has 0 bridgehead atoms. The van der Waals surface area contributed by atoms with Gasteiger partial charge in [-0.15, -0.1) is 0 Å². The van der Waals surface area contributed by atoms with Gasteiger partial charge >= 0.3 is 12.6 Å². The summed E-state index contributed by atoms with van der Waals surface area (Å²) in [6.07, 6.45) is -1.44. The van der Waals surface area contributed by atoms with E-state index in [0.717, 1.165) is 12.0 Å². The SMILES string of the molecule is COC(=O)C1CC(COC(F)F)CN1C(=O)[O-]. The Morgan fingerprint density at radius 2 is 2.18 bits per heavy atom. The molecule has 1 aliphatic rings. The largest absolute Gasteiger partial charge is 0.530 e. The van der Waals surface area contributed by atoms with Gasteiger partial charge in [-0.1, -0.05) is 0 Å². The van der Waals surface area contributed by atoms with E-state index in [1.165, 1.54) is 0 Å². The number of nitrogens with zero attached hydrogens (tertiary/aromatic N) is 1. The average Bonchev–Trinajstić information content (AvgIpc) is 2.69. The van der Waals surface area contributed by atoms with Crippen molar-refractivity contribution in [1.29, 1.82) is 0 Å². The van der Waals surface area contributed by atoms with Gasteiger partial charge in [0.2, 0.25) is 0 Å². The van der Waals surface area contributed by atoms with Crippen LogP contribution in [0.25, 0.3) is 0 Å². The molecule has 0 radical (unpaired) electrons. The number of carbonyl (C=O) groups is 2. The quantitative estimate of drug-likeness (QED) is 0.626. The zero-order valence-corrected chi connectivity index (χ0v) is 9.10. The van der Waals surface area contributed by atoms with Gasteiger partial charge in [0.1, 0.15) is 12.1 Å². The first-order chi connectivity index (χ1) is 7.95. The predicted molar refractivity (Wildman–Crippen MR) is 48.0 cm³/mol. The highest BCUT2D eigenvalue weighted by atomic mass is 19.3. The standard InChI is InChI=1S/C9H13F2NO5/c1-16-7(13)6-2-5(4-17-8(10)11)3-12(6)9(14)15/h5-6,8H,2-4H2,1H3,(H,14,15)/p-1. The summed E-state index contributed by atoms with van der Waals surface area (Å²) < 4.78 is 32.1. The van der Waals surface area contributed by atoms with Gasteiger partial charge in [0.05, 0.1) is 13.7 Å². The molecule has 0 spiro atoms. The van der Waals surface area contributed by atoms with Crippen molar-refractivity contribution in [2.75, 3.05) is 20.3 Å². The highest BCUT2D eigenvalue weighted by molar-refractivity contribution is 5.80. The molecule has 6 nitrogen and oxygen atoms in total. The van der Waals surface area contributed by atoms with E-state index in [2.05, 4.69) is 9.47 Å². The minimum atomic E-state index is -2.91. The minimum absolute atomic E-state index is 0.0746. The van der Waals surface area contributed by atoms with E-state index in [-0.39, 0.29) is 19.6 Å². The van der Waals surface area contributed by atoms with E-state index >= 15 is 0 Å². The number of alkyl halides is 2. The van der Waals surface area contributed by atoms with Gasteiger partial charge in [-0.05, 0) is 6.42 Å². The Morgan fingerprint density at radius 3 is 2.65 bits per heavy atom. The first-order valence-corrected chi connectivity index (χ1v) is 4.91. The Hall–Kier alpha value is -1.44. The van der Waals surface area contributed by atoms with Crippen LogP contribution in [-0.4, -0.2) is 49.9 Å². The molecule has 0 aromatic heterocycles. The van der Waals surface area contributed by atoms with Crippen LogP contribution in [0.3, 0.4) is 0 Å². The van der Waals surface area contributed by atoms with Crippen molar-refractivity contribution >= 4 is 12.1 Å². The van der Waals surface area contributed by atoms with Crippen molar-refractivity contribution in [3.05, 3.63) is 0 Å². The number of likely N-dealkylation sites (tertiary alicyclic amines) is 1. The Bertz CT molecular complexity index is 299. The summed E-state index contributed by atoms with van der Waals surface area (Å²) in [4.78, 5) is 22.8. The third kappa shape index (κ3) is 3.52. The van der Waals surface area contributed by atoms with Crippen molar-refractivity contribution in [2.45, 2.75) is 19.1 Å². The van der Waals surface area contributed by atoms with Crippen molar-refractivity contribution in [1.82, 2.24) is 4.90 Å². The summed E-state index contributed by atoms with van der Waals surface area (Å²) in [5.41, 5.74) is 0. The lowest BCUT2D eigenvalue weighted by Gasteiger charge is -2.24. The second-order valence-corrected chi connectivity index (χ2v) is 3.65. The fourth-order valence-electron chi connectivity index (χ4n) is 1.81. The maximum absolute atomic E-state index is 11.8. The first kappa shape index (κ1) is 13.6. The normalized spacial score (nSPS) is 24.1. The van der Waals surface area contributed by atoms with Crippen LogP contribution in [0, 0.1) is 5.92 Å². The van der Waals surface area contributed by atoms with Gasteiger partial charge in [0, 0.05) is 12.5 Å². The number of halogens is 2. The minimum Gasteiger partial charge on any atom is -0.530 e. The van der Waals surface area contributed by atoms with Crippen LogP contribution >= 0.6 is 0 Å². The Labute approximate surface area is 96.1 Å². The lowest BCUT2D eigenvalue weighted by Crippen LogP contribution is -2.47. The molecular formula is C9H12F2NO5-. The molecule has 17 heavy (non-hydrogen) atoms. The summed E-state index contributed by atoms with van der Waals surface area (Å²) in [6, 6.07) is -1.00. The fourth-order valence-corrected chi connectivity index (χ4v) is 1.81. The number of hydrogen-bond donors (Lipinski definition) is 0. The lowest BCUT2D eigenvalue weighted by atomic mass is 10.1. The molecule has 0 aromatic rings. The van der Waals surface area contributed by atoms with E-state index < -0.39 is 30.6 Å². The van der Waals surface area contributed by atoms with Gasteiger partial charge < -0.3 is 24.3 Å². The monoisotopic (exact) mass is 252 g/mol. The van der Waals surface area contributed by atoms with Gasteiger partial charge in [0.25, 0.3) is 0 Å². The molecule has 1 fully saturated rings. The molecule has 1 aliphatic heterocycles. The molecule has 0 N–H and O–H groups in total. The number of carbonyl (C=O) groups excluding carboxylic acids is 2. The van der Waals surface area contributed by atoms with Gasteiger partial charge in [-0.2, -0.15) is 8.78 Å². The molecule has 0 saturated carbocycles.